The molecular weight excluding hydrogens is 223 g/mol. The Kier molecular flexibility index (Phi) is 4.95. The molecular formula is C12H19FO2Si. The molecule has 0 atom stereocenters. The van der Waals surface area contributed by atoms with E-state index >= 15 is 0 Å². The fraction of sp³-hybridized carbons (Fsp3) is 0.583. The van der Waals surface area contributed by atoms with Gasteiger partial charge >= 0.3 is 5.97 Å². The van der Waals surface area contributed by atoms with Crippen LogP contribution < -0.4 is 0 Å². The molecule has 0 fully saturated rings. The minimum atomic E-state index is -1.67. The van der Waals surface area contributed by atoms with Crippen LogP contribution in [0.25, 0.3) is 0 Å². The smallest absolute Gasteiger partial charge is 0.367 e. The summed E-state index contributed by atoms with van der Waals surface area (Å²) in [4.78, 5) is 10.7. The van der Waals surface area contributed by atoms with Crippen LogP contribution in [0.4, 0.5) is 4.39 Å². The van der Waals surface area contributed by atoms with Crippen molar-refractivity contribution < 1.29 is 13.9 Å². The molecule has 0 aromatic heterocycles. The predicted octanol–water partition coefficient (Wildman–Crippen LogP) is 3.06. The van der Waals surface area contributed by atoms with Gasteiger partial charge in [0.05, 0.1) is 0 Å². The summed E-state index contributed by atoms with van der Waals surface area (Å²) in [6.07, 6.45) is 0. The van der Waals surface area contributed by atoms with E-state index in [1.54, 1.807) is 0 Å². The highest BCUT2D eigenvalue weighted by Crippen LogP contribution is 2.34. The van der Waals surface area contributed by atoms with Gasteiger partial charge < -0.3 is 4.74 Å². The molecule has 0 spiro atoms. The van der Waals surface area contributed by atoms with Gasteiger partial charge in [0.15, 0.2) is 6.61 Å². The van der Waals surface area contributed by atoms with Crippen molar-refractivity contribution in [2.45, 2.75) is 38.9 Å². The van der Waals surface area contributed by atoms with Crippen LogP contribution in [0.3, 0.4) is 0 Å². The molecule has 0 rings (SSSR count). The number of carbonyl (C=O) groups is 1. The second-order valence-corrected chi connectivity index (χ2v) is 10.2. The first-order valence-electron chi connectivity index (χ1n) is 5.09. The van der Waals surface area contributed by atoms with Crippen LogP contribution in [-0.2, 0) is 9.53 Å². The second-order valence-electron chi connectivity index (χ2n) is 5.16. The molecule has 0 aromatic rings. The summed E-state index contributed by atoms with van der Waals surface area (Å²) in [6, 6.07) is 0. The Morgan fingerprint density at radius 3 is 2.31 bits per heavy atom. The number of halogens is 1. The van der Waals surface area contributed by atoms with E-state index < -0.39 is 19.9 Å². The van der Waals surface area contributed by atoms with Crippen LogP contribution in [0.15, 0.2) is 12.4 Å². The highest BCUT2D eigenvalue weighted by atomic mass is 28.3. The molecule has 2 nitrogen and oxygen atoms in total. The third-order valence-electron chi connectivity index (χ3n) is 2.77. The number of hydrogen-bond donors (Lipinski definition) is 0. The quantitative estimate of drug-likeness (QED) is 0.322. The molecule has 0 aliphatic rings. The molecule has 0 saturated heterocycles. The average Bonchev–Trinajstić information content (AvgIpc) is 2.09. The molecule has 0 heterocycles. The fourth-order valence-corrected chi connectivity index (χ4v) is 1.51. The Morgan fingerprint density at radius 2 is 1.94 bits per heavy atom. The van der Waals surface area contributed by atoms with Crippen LogP contribution in [-0.4, -0.2) is 20.7 Å². The summed E-state index contributed by atoms with van der Waals surface area (Å²) in [7, 11) is -1.67. The largest absolute Gasteiger partial charge is 0.447 e. The Balaban J connectivity index is 4.33. The molecule has 90 valence electrons. The molecule has 0 aromatic carbocycles. The first-order valence-corrected chi connectivity index (χ1v) is 8.09. The first-order chi connectivity index (χ1) is 7.08. The van der Waals surface area contributed by atoms with E-state index in [0.29, 0.717) is 0 Å². The number of ether oxygens (including phenoxy) is 1. The third kappa shape index (κ3) is 4.62. The zero-order valence-electron chi connectivity index (χ0n) is 10.6. The molecule has 16 heavy (non-hydrogen) atoms. The number of hydrogen-bond acceptors (Lipinski definition) is 2. The first kappa shape index (κ1) is 14.9. The van der Waals surface area contributed by atoms with Crippen LogP contribution >= 0.6 is 0 Å². The van der Waals surface area contributed by atoms with E-state index in [1.807, 2.05) is 0 Å². The van der Waals surface area contributed by atoms with Crippen molar-refractivity contribution in [1.29, 1.82) is 0 Å². The van der Waals surface area contributed by atoms with E-state index in [-0.39, 0.29) is 11.6 Å². The van der Waals surface area contributed by atoms with Crippen molar-refractivity contribution in [3.05, 3.63) is 12.4 Å². The third-order valence-corrected chi connectivity index (χ3v) is 7.32. The number of rotatable bonds is 2. The van der Waals surface area contributed by atoms with Gasteiger partial charge in [-0.3, -0.25) is 0 Å². The highest BCUT2D eigenvalue weighted by molar-refractivity contribution is 6.87. The maximum atomic E-state index is 12.2. The van der Waals surface area contributed by atoms with Gasteiger partial charge in [0.1, 0.15) is 8.07 Å². The van der Waals surface area contributed by atoms with Gasteiger partial charge in [-0.15, -0.1) is 5.54 Å². The maximum absolute atomic E-state index is 12.2. The van der Waals surface area contributed by atoms with Gasteiger partial charge in [0, 0.05) is 0 Å². The zero-order valence-corrected chi connectivity index (χ0v) is 11.6. The van der Waals surface area contributed by atoms with Crippen molar-refractivity contribution in [3.8, 4) is 11.5 Å². The highest BCUT2D eigenvalue weighted by Gasteiger charge is 2.33. The van der Waals surface area contributed by atoms with Crippen LogP contribution in [0.5, 0.6) is 0 Å². The van der Waals surface area contributed by atoms with Crippen LogP contribution in [0.2, 0.25) is 18.1 Å². The van der Waals surface area contributed by atoms with Gasteiger partial charge in [-0.2, -0.15) is 4.39 Å². The minimum absolute atomic E-state index is 0.0751. The molecule has 0 N–H and O–H groups in total. The van der Waals surface area contributed by atoms with E-state index in [4.69, 9.17) is 0 Å². The molecule has 0 saturated carbocycles. The molecule has 4 heteroatoms. The lowest BCUT2D eigenvalue weighted by atomic mass is 10.2. The van der Waals surface area contributed by atoms with Crippen LogP contribution in [0, 0.1) is 11.5 Å². The topological polar surface area (TPSA) is 26.3 Å². The van der Waals surface area contributed by atoms with E-state index in [9.17, 15) is 9.18 Å². The molecule has 0 bridgehead atoms. The van der Waals surface area contributed by atoms with Crippen molar-refractivity contribution in [2.75, 3.05) is 6.61 Å². The van der Waals surface area contributed by atoms with Gasteiger partial charge in [-0.25, -0.2) is 4.79 Å². The predicted molar refractivity (Wildman–Crippen MR) is 66.2 cm³/mol. The van der Waals surface area contributed by atoms with Crippen molar-refractivity contribution in [1.82, 2.24) is 0 Å². The molecule has 0 unspecified atom stereocenters. The average molecular weight is 242 g/mol. The SMILES string of the molecule is C=C(F)C(=O)OCC#C[Si](C)(C)C(C)(C)C. The summed E-state index contributed by atoms with van der Waals surface area (Å²) in [5.41, 5.74) is 3.15. The Hall–Kier alpha value is -1.08. The second kappa shape index (κ2) is 5.31. The van der Waals surface area contributed by atoms with Gasteiger partial charge in [-0.05, 0) is 5.04 Å². The Bertz CT molecular complexity index is 342. The zero-order chi connectivity index (χ0) is 13.0. The molecule has 0 amide bonds. The molecule has 0 aliphatic carbocycles. The summed E-state index contributed by atoms with van der Waals surface area (Å²) < 4.78 is 16.8. The lowest BCUT2D eigenvalue weighted by molar-refractivity contribution is -0.139. The van der Waals surface area contributed by atoms with Gasteiger partial charge in [0.25, 0.3) is 0 Å². The lowest BCUT2D eigenvalue weighted by Crippen LogP contribution is -2.35. The standard InChI is InChI=1S/C12H19FO2Si/c1-10(13)11(14)15-8-7-9-16(5,6)12(2,3)4/h1,8H2,2-6H3. The van der Waals surface area contributed by atoms with Crippen molar-refractivity contribution in [2.24, 2.45) is 0 Å². The lowest BCUT2D eigenvalue weighted by Gasteiger charge is -2.31. The van der Waals surface area contributed by atoms with Crippen molar-refractivity contribution >= 4 is 14.0 Å². The number of carbonyl (C=O) groups excluding carboxylic acids is 1. The minimum Gasteiger partial charge on any atom is -0.447 e. The fourth-order valence-electron chi connectivity index (χ4n) is 0.624. The summed E-state index contributed by atoms with van der Waals surface area (Å²) in [5, 5.41) is 0.160. The van der Waals surface area contributed by atoms with Crippen molar-refractivity contribution in [3.63, 3.8) is 0 Å². The monoisotopic (exact) mass is 242 g/mol. The summed E-state index contributed by atoms with van der Waals surface area (Å²) >= 11 is 0. The molecule has 0 radical (unpaired) electrons. The Labute approximate surface area is 97.9 Å². The summed E-state index contributed by atoms with van der Waals surface area (Å²) in [5.74, 6) is 0.653. The number of esters is 1. The van der Waals surface area contributed by atoms with Crippen LogP contribution in [0.1, 0.15) is 20.8 Å². The van der Waals surface area contributed by atoms with E-state index in [1.165, 1.54) is 0 Å². The van der Waals surface area contributed by atoms with E-state index in [2.05, 4.69) is 56.6 Å². The summed E-state index contributed by atoms with van der Waals surface area (Å²) in [6.45, 7) is 13.5. The maximum Gasteiger partial charge on any atom is 0.367 e. The Morgan fingerprint density at radius 1 is 1.44 bits per heavy atom. The van der Waals surface area contributed by atoms with Gasteiger partial charge in [-0.1, -0.05) is 46.4 Å². The van der Waals surface area contributed by atoms with Gasteiger partial charge in [0.2, 0.25) is 5.83 Å². The van der Waals surface area contributed by atoms with E-state index in [0.717, 1.165) is 0 Å². The molecule has 0 aliphatic heterocycles. The normalized spacial score (nSPS) is 11.4.